The van der Waals surface area contributed by atoms with E-state index in [1.54, 1.807) is 0 Å². The van der Waals surface area contributed by atoms with Crippen molar-refractivity contribution < 1.29 is 14.3 Å². The molecule has 0 unspecified atom stereocenters. The molecule has 1 saturated carbocycles. The van der Waals surface area contributed by atoms with Gasteiger partial charge in [0.1, 0.15) is 0 Å². The molecular weight excluding hydrogens is 380 g/mol. The third-order valence-electron chi connectivity index (χ3n) is 7.35. The summed E-state index contributed by atoms with van der Waals surface area (Å²) in [5.41, 5.74) is 0. The zero-order valence-electron chi connectivity index (χ0n) is 19.7. The predicted molar refractivity (Wildman–Crippen MR) is 120 cm³/mol. The third-order valence-corrected chi connectivity index (χ3v) is 7.35. The van der Waals surface area contributed by atoms with Crippen LogP contribution < -0.4 is 5.32 Å². The molecule has 0 aromatic carbocycles. The summed E-state index contributed by atoms with van der Waals surface area (Å²) in [6.45, 7) is 16.7. The van der Waals surface area contributed by atoms with Gasteiger partial charge in [-0.2, -0.15) is 0 Å². The van der Waals surface area contributed by atoms with E-state index in [-0.39, 0.29) is 17.9 Å². The minimum Gasteiger partial charge on any atom is -0.348 e. The van der Waals surface area contributed by atoms with Crippen molar-refractivity contribution in [2.75, 3.05) is 59.0 Å². The van der Waals surface area contributed by atoms with Crippen LogP contribution in [0.25, 0.3) is 0 Å². The van der Waals surface area contributed by atoms with Crippen molar-refractivity contribution in [3.8, 4) is 0 Å². The molecule has 174 valence electrons. The first-order valence-electron chi connectivity index (χ1n) is 12.3. The topological polar surface area (TPSA) is 57.3 Å². The molecule has 30 heavy (non-hydrogen) atoms. The van der Waals surface area contributed by atoms with Gasteiger partial charge < -0.3 is 24.6 Å². The number of carbonyl (C=O) groups excluding carboxylic acids is 1. The molecule has 2 heterocycles. The normalized spacial score (nSPS) is 28.6. The Hall–Kier alpha value is -0.890. The first kappa shape index (κ1) is 23.8. The van der Waals surface area contributed by atoms with Crippen molar-refractivity contribution in [3.05, 3.63) is 0 Å². The molecule has 2 aliphatic heterocycles. The van der Waals surface area contributed by atoms with Gasteiger partial charge in [0.05, 0.1) is 13.2 Å². The number of hydrogen-bond donors (Lipinski definition) is 1. The first-order chi connectivity index (χ1) is 14.5. The van der Waals surface area contributed by atoms with Gasteiger partial charge in [-0.3, -0.25) is 4.90 Å². The summed E-state index contributed by atoms with van der Waals surface area (Å²) < 4.78 is 12.1. The van der Waals surface area contributed by atoms with E-state index in [0.29, 0.717) is 25.2 Å². The Morgan fingerprint density at radius 2 is 1.83 bits per heavy atom. The Balaban J connectivity index is 1.59. The van der Waals surface area contributed by atoms with Gasteiger partial charge in [-0.25, -0.2) is 4.79 Å². The van der Waals surface area contributed by atoms with E-state index < -0.39 is 0 Å². The third kappa shape index (κ3) is 5.67. The van der Waals surface area contributed by atoms with Crippen LogP contribution in [0.4, 0.5) is 4.79 Å². The summed E-state index contributed by atoms with van der Waals surface area (Å²) in [7, 11) is 0. The number of carbonyl (C=O) groups is 1. The monoisotopic (exact) mass is 424 g/mol. The number of nitrogens with zero attached hydrogens (tertiary/aromatic N) is 3. The highest BCUT2D eigenvalue weighted by Gasteiger charge is 2.49. The molecule has 1 spiro atoms. The lowest BCUT2D eigenvalue weighted by molar-refractivity contribution is -0.201. The quantitative estimate of drug-likeness (QED) is 0.617. The van der Waals surface area contributed by atoms with Crippen molar-refractivity contribution >= 4 is 6.03 Å². The predicted octanol–water partition coefficient (Wildman–Crippen LogP) is 2.76. The Morgan fingerprint density at radius 3 is 2.47 bits per heavy atom. The average Bonchev–Trinajstić information content (AvgIpc) is 3.18. The summed E-state index contributed by atoms with van der Waals surface area (Å²) in [5.74, 6) is 0.165. The van der Waals surface area contributed by atoms with Gasteiger partial charge >= 0.3 is 6.03 Å². The van der Waals surface area contributed by atoms with E-state index in [2.05, 4.69) is 42.8 Å². The number of fused-ring (bicyclic) bond motifs is 1. The largest absolute Gasteiger partial charge is 0.348 e. The summed E-state index contributed by atoms with van der Waals surface area (Å²) >= 11 is 0. The Morgan fingerprint density at radius 1 is 1.10 bits per heavy atom. The standard InChI is InChI=1S/C23H44N4O3/c1-5-11-27-18-20(24-22(28)26(8-4)13-12-25(6-2)7-3)16-19-17-23(10-9-21(19)27)29-14-15-30-23/h19-21H,5-18H2,1-4H3,(H,24,28)/t19-,20+,21-/m1/s1. The zero-order chi connectivity index (χ0) is 21.6. The second-order valence-corrected chi connectivity index (χ2v) is 9.16. The van der Waals surface area contributed by atoms with E-state index in [1.165, 1.54) is 0 Å². The molecule has 1 aliphatic carbocycles. The van der Waals surface area contributed by atoms with Gasteiger partial charge in [0.2, 0.25) is 0 Å². The molecule has 3 atom stereocenters. The highest BCUT2D eigenvalue weighted by Crippen LogP contribution is 2.44. The van der Waals surface area contributed by atoms with Crippen molar-refractivity contribution in [1.29, 1.82) is 0 Å². The lowest BCUT2D eigenvalue weighted by Gasteiger charge is -2.51. The van der Waals surface area contributed by atoms with E-state index in [1.807, 2.05) is 4.90 Å². The van der Waals surface area contributed by atoms with Crippen molar-refractivity contribution in [1.82, 2.24) is 20.0 Å². The van der Waals surface area contributed by atoms with Crippen LogP contribution in [0.3, 0.4) is 0 Å². The molecule has 0 bridgehead atoms. The first-order valence-corrected chi connectivity index (χ1v) is 12.3. The van der Waals surface area contributed by atoms with Crippen LogP contribution in [-0.2, 0) is 9.47 Å². The summed E-state index contributed by atoms with van der Waals surface area (Å²) in [6, 6.07) is 0.884. The van der Waals surface area contributed by atoms with Crippen LogP contribution in [0.2, 0.25) is 0 Å². The second kappa shape index (κ2) is 11.1. The zero-order valence-corrected chi connectivity index (χ0v) is 19.7. The number of likely N-dealkylation sites (tertiary alicyclic amines) is 1. The van der Waals surface area contributed by atoms with Gasteiger partial charge in [0.15, 0.2) is 5.79 Å². The minimum atomic E-state index is -0.357. The molecule has 3 aliphatic rings. The maximum Gasteiger partial charge on any atom is 0.317 e. The fourth-order valence-corrected chi connectivity index (χ4v) is 5.70. The van der Waals surface area contributed by atoms with Crippen LogP contribution >= 0.6 is 0 Å². The van der Waals surface area contributed by atoms with Crippen LogP contribution in [0.1, 0.15) is 59.8 Å². The molecular formula is C23H44N4O3. The fourth-order valence-electron chi connectivity index (χ4n) is 5.70. The van der Waals surface area contributed by atoms with Crippen LogP contribution in [0.15, 0.2) is 0 Å². The molecule has 0 aromatic rings. The summed E-state index contributed by atoms with van der Waals surface area (Å²) in [4.78, 5) is 20.0. The number of piperidine rings is 1. The molecule has 2 saturated heterocycles. The Labute approximate surface area is 183 Å². The maximum absolute atomic E-state index is 13.0. The Kier molecular flexibility index (Phi) is 8.81. The number of hydrogen-bond acceptors (Lipinski definition) is 5. The van der Waals surface area contributed by atoms with Crippen molar-refractivity contribution in [3.63, 3.8) is 0 Å². The van der Waals surface area contributed by atoms with Crippen molar-refractivity contribution in [2.45, 2.75) is 77.7 Å². The SMILES string of the molecule is CCCN1C[C@@H](NC(=O)N(CC)CCN(CC)CC)C[C@@H]2CC3(CC[C@H]21)OCCO3. The van der Waals surface area contributed by atoms with E-state index >= 15 is 0 Å². The molecule has 7 heteroatoms. The van der Waals surface area contributed by atoms with Crippen molar-refractivity contribution in [2.24, 2.45) is 5.92 Å². The highest BCUT2D eigenvalue weighted by molar-refractivity contribution is 5.74. The minimum absolute atomic E-state index is 0.0865. The van der Waals surface area contributed by atoms with Crippen LogP contribution in [-0.4, -0.2) is 97.6 Å². The second-order valence-electron chi connectivity index (χ2n) is 9.16. The average molecular weight is 425 g/mol. The highest BCUT2D eigenvalue weighted by atomic mass is 16.7. The number of ether oxygens (including phenoxy) is 2. The van der Waals surface area contributed by atoms with Gasteiger partial charge in [-0.1, -0.05) is 20.8 Å². The molecule has 1 N–H and O–H groups in total. The molecule has 3 fully saturated rings. The lowest BCUT2D eigenvalue weighted by atomic mass is 9.74. The van der Waals surface area contributed by atoms with Gasteiger partial charge in [-0.15, -0.1) is 0 Å². The van der Waals surface area contributed by atoms with E-state index in [0.717, 1.165) is 77.9 Å². The molecule has 0 radical (unpaired) electrons. The molecule has 2 amide bonds. The van der Waals surface area contributed by atoms with Crippen LogP contribution in [0.5, 0.6) is 0 Å². The number of likely N-dealkylation sites (N-methyl/N-ethyl adjacent to an activating group) is 2. The van der Waals surface area contributed by atoms with Crippen LogP contribution in [0, 0.1) is 5.92 Å². The number of urea groups is 1. The lowest BCUT2D eigenvalue weighted by Crippen LogP contribution is -2.60. The molecule has 3 rings (SSSR count). The number of nitrogens with one attached hydrogen (secondary N) is 1. The van der Waals surface area contributed by atoms with Gasteiger partial charge in [0, 0.05) is 51.1 Å². The Bertz CT molecular complexity index is 537. The van der Waals surface area contributed by atoms with Gasteiger partial charge in [-0.05, 0) is 51.7 Å². The van der Waals surface area contributed by atoms with Gasteiger partial charge in [0.25, 0.3) is 0 Å². The van der Waals surface area contributed by atoms with E-state index in [9.17, 15) is 4.79 Å². The summed E-state index contributed by atoms with van der Waals surface area (Å²) in [6.07, 6.45) is 5.27. The summed E-state index contributed by atoms with van der Waals surface area (Å²) in [5, 5.41) is 3.38. The van der Waals surface area contributed by atoms with E-state index in [4.69, 9.17) is 9.47 Å². The number of amides is 2. The maximum atomic E-state index is 13.0. The molecule has 7 nitrogen and oxygen atoms in total. The smallest absolute Gasteiger partial charge is 0.317 e. The number of rotatable bonds is 9. The molecule has 0 aromatic heterocycles. The fraction of sp³-hybridized carbons (Fsp3) is 0.957.